The first-order valence-corrected chi connectivity index (χ1v) is 8.90. The highest BCUT2D eigenvalue weighted by molar-refractivity contribution is 5.90. The third kappa shape index (κ3) is 3.67. The summed E-state index contributed by atoms with van der Waals surface area (Å²) in [5, 5.41) is 10.2. The molecule has 0 atom stereocenters. The van der Waals surface area contributed by atoms with Crippen molar-refractivity contribution in [2.45, 2.75) is 64.8 Å². The van der Waals surface area contributed by atoms with Gasteiger partial charge >= 0.3 is 6.03 Å². The zero-order valence-corrected chi connectivity index (χ0v) is 15.3. The van der Waals surface area contributed by atoms with E-state index >= 15 is 0 Å². The third-order valence-corrected chi connectivity index (χ3v) is 4.94. The van der Waals surface area contributed by atoms with Gasteiger partial charge in [0, 0.05) is 11.6 Å². The number of aromatic nitrogens is 2. The van der Waals surface area contributed by atoms with Crippen LogP contribution < -0.4 is 10.6 Å². The van der Waals surface area contributed by atoms with Crippen LogP contribution in [0.5, 0.6) is 0 Å². The molecule has 2 amide bonds. The number of hydrogen-bond acceptors (Lipinski definition) is 4. The summed E-state index contributed by atoms with van der Waals surface area (Å²) < 4.78 is 5.36. The molecule has 0 spiro atoms. The molecular weight excluding hydrogens is 316 g/mol. The highest BCUT2D eigenvalue weighted by atomic mass is 16.5. The highest BCUT2D eigenvalue weighted by Crippen LogP contribution is 2.37. The van der Waals surface area contributed by atoms with E-state index < -0.39 is 5.54 Å². The zero-order valence-electron chi connectivity index (χ0n) is 15.3. The van der Waals surface area contributed by atoms with E-state index in [-0.39, 0.29) is 11.9 Å². The number of nitrogens with zero attached hydrogens (tertiary/aromatic N) is 2. The second-order valence-corrected chi connectivity index (χ2v) is 7.28. The number of carbonyl (C=O) groups is 1. The predicted molar refractivity (Wildman–Crippen MR) is 96.6 cm³/mol. The van der Waals surface area contributed by atoms with Gasteiger partial charge in [0.2, 0.25) is 5.89 Å². The van der Waals surface area contributed by atoms with E-state index in [0.717, 1.165) is 36.9 Å². The van der Waals surface area contributed by atoms with Gasteiger partial charge in [0.1, 0.15) is 5.54 Å². The van der Waals surface area contributed by atoms with Crippen LogP contribution in [0.3, 0.4) is 0 Å². The molecule has 1 fully saturated rings. The van der Waals surface area contributed by atoms with E-state index in [2.05, 4.69) is 27.7 Å². The molecule has 2 N–H and O–H groups in total. The maximum atomic E-state index is 12.6. The lowest BCUT2D eigenvalue weighted by atomic mass is 9.97. The third-order valence-electron chi connectivity index (χ3n) is 4.94. The number of benzene rings is 1. The van der Waals surface area contributed by atoms with Gasteiger partial charge in [-0.3, -0.25) is 0 Å². The summed E-state index contributed by atoms with van der Waals surface area (Å²) in [6, 6.07) is 5.65. The summed E-state index contributed by atoms with van der Waals surface area (Å²) in [6.45, 7) is 8.11. The molecular formula is C19H26N4O2. The standard InChI is InChI=1S/C19H26N4O2/c1-12(2)16-21-17(23-25-16)19(9-5-6-10-19)22-18(24)20-15-8-7-13(3)14(4)11-15/h7-8,11-12H,5-6,9-10H2,1-4H3,(H2,20,22,24). The van der Waals surface area contributed by atoms with Gasteiger partial charge in [-0.1, -0.05) is 37.9 Å². The number of carbonyl (C=O) groups excluding carboxylic acids is 1. The van der Waals surface area contributed by atoms with Crippen molar-refractivity contribution in [2.75, 3.05) is 5.32 Å². The Balaban J connectivity index is 1.76. The number of urea groups is 1. The first-order chi connectivity index (χ1) is 11.9. The van der Waals surface area contributed by atoms with E-state index in [4.69, 9.17) is 4.52 Å². The van der Waals surface area contributed by atoms with Crippen molar-refractivity contribution in [3.8, 4) is 0 Å². The van der Waals surface area contributed by atoms with Crippen molar-refractivity contribution < 1.29 is 9.32 Å². The van der Waals surface area contributed by atoms with E-state index in [1.165, 1.54) is 5.56 Å². The first-order valence-electron chi connectivity index (χ1n) is 8.90. The summed E-state index contributed by atoms with van der Waals surface area (Å²) in [7, 11) is 0. The second-order valence-electron chi connectivity index (χ2n) is 7.28. The molecule has 1 heterocycles. The van der Waals surface area contributed by atoms with E-state index in [9.17, 15) is 4.79 Å². The number of amides is 2. The van der Waals surface area contributed by atoms with Crippen molar-refractivity contribution in [1.29, 1.82) is 0 Å². The Bertz CT molecular complexity index is 761. The minimum atomic E-state index is -0.541. The molecule has 25 heavy (non-hydrogen) atoms. The smallest absolute Gasteiger partial charge is 0.320 e. The van der Waals surface area contributed by atoms with Crippen LogP contribution in [0, 0.1) is 13.8 Å². The van der Waals surface area contributed by atoms with Crippen LogP contribution in [0.15, 0.2) is 22.7 Å². The van der Waals surface area contributed by atoms with Crippen LogP contribution in [0.2, 0.25) is 0 Å². The predicted octanol–water partition coefficient (Wildman–Crippen LogP) is 4.40. The Morgan fingerprint density at radius 3 is 2.52 bits per heavy atom. The molecule has 0 radical (unpaired) electrons. The van der Waals surface area contributed by atoms with E-state index in [1.54, 1.807) is 0 Å². The summed E-state index contributed by atoms with van der Waals surface area (Å²) in [6.07, 6.45) is 3.72. The number of rotatable bonds is 4. The Kier molecular flexibility index (Phi) is 4.79. The maximum absolute atomic E-state index is 12.6. The van der Waals surface area contributed by atoms with Crippen molar-refractivity contribution in [3.63, 3.8) is 0 Å². The molecule has 6 heteroatoms. The summed E-state index contributed by atoms with van der Waals surface area (Å²) >= 11 is 0. The Morgan fingerprint density at radius 1 is 1.20 bits per heavy atom. The van der Waals surface area contributed by atoms with Crippen molar-refractivity contribution >= 4 is 11.7 Å². The molecule has 3 rings (SSSR count). The quantitative estimate of drug-likeness (QED) is 0.863. The highest BCUT2D eigenvalue weighted by Gasteiger charge is 2.41. The van der Waals surface area contributed by atoms with E-state index in [0.29, 0.717) is 11.7 Å². The minimum Gasteiger partial charge on any atom is -0.339 e. The molecule has 0 aliphatic heterocycles. The molecule has 1 saturated carbocycles. The van der Waals surface area contributed by atoms with Crippen LogP contribution >= 0.6 is 0 Å². The molecule has 1 aromatic carbocycles. The lowest BCUT2D eigenvalue weighted by molar-refractivity contribution is 0.232. The van der Waals surface area contributed by atoms with Gasteiger partial charge in [-0.25, -0.2) is 4.79 Å². The summed E-state index contributed by atoms with van der Waals surface area (Å²) in [5.74, 6) is 1.37. The van der Waals surface area contributed by atoms with Gasteiger partial charge in [0.15, 0.2) is 5.82 Å². The molecule has 1 aliphatic rings. The van der Waals surface area contributed by atoms with E-state index in [1.807, 2.05) is 39.0 Å². The lowest BCUT2D eigenvalue weighted by Gasteiger charge is -2.26. The minimum absolute atomic E-state index is 0.170. The SMILES string of the molecule is Cc1ccc(NC(=O)NC2(c3noc(C(C)C)n3)CCCC2)cc1C. The topological polar surface area (TPSA) is 80.0 Å². The van der Waals surface area contributed by atoms with Gasteiger partial charge in [-0.2, -0.15) is 4.98 Å². The van der Waals surface area contributed by atoms with Gasteiger partial charge in [-0.05, 0) is 49.9 Å². The summed E-state index contributed by atoms with van der Waals surface area (Å²) in [4.78, 5) is 17.1. The lowest BCUT2D eigenvalue weighted by Crippen LogP contribution is -2.46. The van der Waals surface area contributed by atoms with Crippen LogP contribution in [-0.2, 0) is 5.54 Å². The molecule has 1 aromatic heterocycles. The van der Waals surface area contributed by atoms with Crippen LogP contribution in [0.4, 0.5) is 10.5 Å². The van der Waals surface area contributed by atoms with Crippen LogP contribution in [-0.4, -0.2) is 16.2 Å². The van der Waals surface area contributed by atoms with Crippen LogP contribution in [0.1, 0.15) is 68.3 Å². The Labute approximate surface area is 148 Å². The van der Waals surface area contributed by atoms with Gasteiger partial charge < -0.3 is 15.2 Å². The van der Waals surface area contributed by atoms with Gasteiger partial charge in [-0.15, -0.1) is 0 Å². The van der Waals surface area contributed by atoms with Crippen LogP contribution in [0.25, 0.3) is 0 Å². The Morgan fingerprint density at radius 2 is 1.92 bits per heavy atom. The van der Waals surface area contributed by atoms with Crippen molar-refractivity contribution in [3.05, 3.63) is 41.0 Å². The fraction of sp³-hybridized carbons (Fsp3) is 0.526. The van der Waals surface area contributed by atoms with Crippen molar-refractivity contribution in [1.82, 2.24) is 15.5 Å². The van der Waals surface area contributed by atoms with Crippen molar-refractivity contribution in [2.24, 2.45) is 0 Å². The summed E-state index contributed by atoms with van der Waals surface area (Å²) in [5.41, 5.74) is 2.59. The largest absolute Gasteiger partial charge is 0.339 e. The zero-order chi connectivity index (χ0) is 18.0. The monoisotopic (exact) mass is 342 g/mol. The number of hydrogen-bond donors (Lipinski definition) is 2. The molecule has 0 unspecified atom stereocenters. The fourth-order valence-electron chi connectivity index (χ4n) is 3.25. The second kappa shape index (κ2) is 6.86. The molecule has 0 bridgehead atoms. The number of nitrogens with one attached hydrogen (secondary N) is 2. The molecule has 6 nitrogen and oxygen atoms in total. The van der Waals surface area contributed by atoms with Gasteiger partial charge in [0.05, 0.1) is 0 Å². The molecule has 2 aromatic rings. The Hall–Kier alpha value is -2.37. The molecule has 134 valence electrons. The maximum Gasteiger partial charge on any atom is 0.320 e. The number of anilines is 1. The average Bonchev–Trinajstić information content (AvgIpc) is 3.20. The first kappa shape index (κ1) is 17.5. The molecule has 0 saturated heterocycles. The van der Waals surface area contributed by atoms with Gasteiger partial charge in [0.25, 0.3) is 0 Å². The fourth-order valence-corrected chi connectivity index (χ4v) is 3.25. The molecule has 1 aliphatic carbocycles. The average molecular weight is 342 g/mol. The number of aryl methyl sites for hydroxylation is 2. The normalized spacial score (nSPS) is 16.2.